The molecule has 0 bridgehead atoms. The fraction of sp³-hybridized carbons (Fsp3) is 0.522. The van der Waals surface area contributed by atoms with Gasteiger partial charge in [0.1, 0.15) is 16.6 Å². The number of benzene rings is 1. The van der Waals surface area contributed by atoms with Crippen LogP contribution in [-0.2, 0) is 0 Å². The van der Waals surface area contributed by atoms with E-state index in [1.165, 1.54) is 25.4 Å². The summed E-state index contributed by atoms with van der Waals surface area (Å²) in [5.74, 6) is -0.187. The fourth-order valence-electron chi connectivity index (χ4n) is 3.79. The SMILES string of the molecule is CN[C@@H]1CCC[C@H]1Nc1nc(Nc2cc(F)c(C(=O)NCCN(C)C)cc2OC)ncc1Cl.CS. The fourth-order valence-corrected chi connectivity index (χ4v) is 3.93. The minimum absolute atomic E-state index is 0.102. The number of ether oxygens (including phenoxy) is 1. The van der Waals surface area contributed by atoms with Crippen molar-refractivity contribution in [1.29, 1.82) is 0 Å². The summed E-state index contributed by atoms with van der Waals surface area (Å²) in [4.78, 5) is 23.0. The minimum Gasteiger partial charge on any atom is -0.495 e. The molecule has 0 spiro atoms. The Hall–Kier alpha value is -2.34. The molecule has 9 nitrogen and oxygen atoms in total. The van der Waals surface area contributed by atoms with Crippen molar-refractivity contribution in [2.75, 3.05) is 58.2 Å². The van der Waals surface area contributed by atoms with E-state index in [1.807, 2.05) is 26.0 Å². The molecule has 12 heteroatoms. The molecule has 0 aliphatic heterocycles. The second kappa shape index (κ2) is 14.3. The van der Waals surface area contributed by atoms with Crippen LogP contribution >= 0.6 is 24.2 Å². The molecule has 0 unspecified atom stereocenters. The number of carbonyl (C=O) groups is 1. The summed E-state index contributed by atoms with van der Waals surface area (Å²) in [6.45, 7) is 1.04. The van der Waals surface area contributed by atoms with Crippen molar-refractivity contribution in [3.8, 4) is 5.75 Å². The Balaban J connectivity index is 0.00000210. The first kappa shape index (κ1) is 28.9. The van der Waals surface area contributed by atoms with Gasteiger partial charge in [0.05, 0.1) is 24.6 Å². The number of hydrogen-bond donors (Lipinski definition) is 5. The Morgan fingerprint density at radius 2 is 2.00 bits per heavy atom. The number of thiol groups is 1. The monoisotopic (exact) mass is 527 g/mol. The zero-order valence-electron chi connectivity index (χ0n) is 20.8. The molecule has 1 aromatic heterocycles. The third-order valence-electron chi connectivity index (χ3n) is 5.58. The normalized spacial score (nSPS) is 16.9. The van der Waals surface area contributed by atoms with Crippen molar-refractivity contribution in [3.05, 3.63) is 34.7 Å². The van der Waals surface area contributed by atoms with Crippen LogP contribution in [0.5, 0.6) is 5.75 Å². The summed E-state index contributed by atoms with van der Waals surface area (Å²) in [7, 11) is 7.16. The van der Waals surface area contributed by atoms with Crippen LogP contribution < -0.4 is 26.0 Å². The van der Waals surface area contributed by atoms with Gasteiger partial charge in [-0.25, -0.2) is 9.37 Å². The molecule has 194 valence electrons. The van der Waals surface area contributed by atoms with Gasteiger partial charge in [0, 0.05) is 31.2 Å². The molecule has 1 amide bonds. The maximum atomic E-state index is 14.8. The average Bonchev–Trinajstić information content (AvgIpc) is 3.29. The quantitative estimate of drug-likeness (QED) is 0.300. The zero-order chi connectivity index (χ0) is 26.0. The molecule has 1 aliphatic rings. The predicted octanol–water partition coefficient (Wildman–Crippen LogP) is 3.41. The van der Waals surface area contributed by atoms with Gasteiger partial charge >= 0.3 is 0 Å². The number of halogens is 2. The predicted molar refractivity (Wildman–Crippen MR) is 143 cm³/mol. The Labute approximate surface area is 217 Å². The molecule has 1 saturated carbocycles. The van der Waals surface area contributed by atoms with Crippen molar-refractivity contribution in [2.45, 2.75) is 31.3 Å². The molecule has 0 saturated heterocycles. The molecular formula is C23H35ClFN7O2S. The number of methoxy groups -OCH3 is 1. The smallest absolute Gasteiger partial charge is 0.254 e. The highest BCUT2D eigenvalue weighted by atomic mass is 35.5. The van der Waals surface area contributed by atoms with E-state index in [1.54, 1.807) is 6.26 Å². The highest BCUT2D eigenvalue weighted by molar-refractivity contribution is 7.79. The molecule has 1 aromatic carbocycles. The van der Waals surface area contributed by atoms with Crippen LogP contribution in [-0.4, -0.2) is 80.5 Å². The summed E-state index contributed by atoms with van der Waals surface area (Å²) in [5, 5.41) is 12.7. The van der Waals surface area contributed by atoms with Gasteiger partial charge in [-0.15, -0.1) is 0 Å². The maximum Gasteiger partial charge on any atom is 0.254 e. The molecule has 4 N–H and O–H groups in total. The Morgan fingerprint density at radius 1 is 1.29 bits per heavy atom. The van der Waals surface area contributed by atoms with Crippen LogP contribution in [0.25, 0.3) is 0 Å². The number of likely N-dealkylation sites (N-methyl/N-ethyl adjacent to an activating group) is 2. The molecule has 0 radical (unpaired) electrons. The summed E-state index contributed by atoms with van der Waals surface area (Å²) in [5.41, 5.74) is 0.192. The molecule has 3 rings (SSSR count). The van der Waals surface area contributed by atoms with E-state index in [2.05, 4.69) is 43.9 Å². The number of anilines is 3. The molecule has 1 aliphatic carbocycles. The number of amides is 1. The third-order valence-corrected chi connectivity index (χ3v) is 5.85. The second-order valence-electron chi connectivity index (χ2n) is 8.18. The number of rotatable bonds is 10. The van der Waals surface area contributed by atoms with Gasteiger partial charge in [0.25, 0.3) is 5.91 Å². The van der Waals surface area contributed by atoms with Crippen molar-refractivity contribution < 1.29 is 13.9 Å². The molecule has 35 heavy (non-hydrogen) atoms. The lowest BCUT2D eigenvalue weighted by molar-refractivity contribution is 0.0946. The van der Waals surface area contributed by atoms with Gasteiger partial charge in [0.2, 0.25) is 5.95 Å². The summed E-state index contributed by atoms with van der Waals surface area (Å²) in [6.07, 6.45) is 6.37. The van der Waals surface area contributed by atoms with Crippen LogP contribution in [0.1, 0.15) is 29.6 Å². The van der Waals surface area contributed by atoms with Crippen LogP contribution in [0.15, 0.2) is 18.3 Å². The summed E-state index contributed by atoms with van der Waals surface area (Å²) in [6, 6.07) is 3.08. The number of aromatic nitrogens is 2. The van der Waals surface area contributed by atoms with Gasteiger partial charge in [-0.2, -0.15) is 17.6 Å². The van der Waals surface area contributed by atoms with Gasteiger partial charge in [-0.1, -0.05) is 11.6 Å². The highest BCUT2D eigenvalue weighted by Crippen LogP contribution is 2.31. The first-order valence-electron chi connectivity index (χ1n) is 11.3. The Morgan fingerprint density at radius 3 is 2.66 bits per heavy atom. The van der Waals surface area contributed by atoms with Gasteiger partial charge in [-0.3, -0.25) is 4.79 Å². The van der Waals surface area contributed by atoms with E-state index in [-0.39, 0.29) is 23.3 Å². The topological polar surface area (TPSA) is 103 Å². The van der Waals surface area contributed by atoms with Crippen molar-refractivity contribution in [2.24, 2.45) is 0 Å². The first-order chi connectivity index (χ1) is 16.8. The highest BCUT2D eigenvalue weighted by Gasteiger charge is 2.27. The number of nitrogens with one attached hydrogen (secondary N) is 4. The van der Waals surface area contributed by atoms with E-state index in [4.69, 9.17) is 16.3 Å². The van der Waals surface area contributed by atoms with Crippen molar-refractivity contribution >= 4 is 47.6 Å². The van der Waals surface area contributed by atoms with Crippen LogP contribution in [0.4, 0.5) is 21.8 Å². The summed E-state index contributed by atoms with van der Waals surface area (Å²) < 4.78 is 20.1. The maximum absolute atomic E-state index is 14.8. The Bertz CT molecular complexity index is 983. The molecule has 1 fully saturated rings. The van der Waals surface area contributed by atoms with Crippen LogP contribution in [0, 0.1) is 5.82 Å². The third kappa shape index (κ3) is 8.09. The molecule has 1 heterocycles. The van der Waals surface area contributed by atoms with E-state index >= 15 is 0 Å². The van der Waals surface area contributed by atoms with Gasteiger partial charge in [0.15, 0.2) is 5.82 Å². The van der Waals surface area contributed by atoms with Crippen molar-refractivity contribution in [1.82, 2.24) is 25.5 Å². The molecule has 2 atom stereocenters. The van der Waals surface area contributed by atoms with Gasteiger partial charge < -0.3 is 30.9 Å². The first-order valence-corrected chi connectivity index (χ1v) is 12.6. The average molecular weight is 528 g/mol. The minimum atomic E-state index is -0.684. The molecule has 2 aromatic rings. The second-order valence-corrected chi connectivity index (χ2v) is 8.59. The molecular weight excluding hydrogens is 493 g/mol. The van der Waals surface area contributed by atoms with E-state index < -0.39 is 11.7 Å². The number of nitrogens with zero attached hydrogens (tertiary/aromatic N) is 3. The largest absolute Gasteiger partial charge is 0.495 e. The van der Waals surface area contributed by atoms with Crippen LogP contribution in [0.3, 0.4) is 0 Å². The standard InChI is InChI=1S/C22H31ClFN7O2.CH4S/c1-25-16-6-5-7-17(16)28-20-14(23)12-27-22(30-20)29-18-11-15(24)13(10-19(18)33-4)21(32)26-8-9-31(2)3;1-2/h10-12,16-17,25H,5-9H2,1-4H3,(H,26,32)(H2,27,28,29,30);2H,1H3/t16-,17-;/m1./s1. The number of carbonyl (C=O) groups excluding carboxylic acids is 1. The lowest BCUT2D eigenvalue weighted by Gasteiger charge is -2.21. The van der Waals surface area contributed by atoms with Crippen LogP contribution in [0.2, 0.25) is 5.02 Å². The number of hydrogen-bond acceptors (Lipinski definition) is 9. The van der Waals surface area contributed by atoms with E-state index in [0.717, 1.165) is 19.3 Å². The van der Waals surface area contributed by atoms with Crippen molar-refractivity contribution in [3.63, 3.8) is 0 Å². The van der Waals surface area contributed by atoms with Gasteiger partial charge in [-0.05, 0) is 52.7 Å². The van der Waals surface area contributed by atoms with E-state index in [0.29, 0.717) is 35.7 Å². The lowest BCUT2D eigenvalue weighted by Crippen LogP contribution is -2.38. The van der Waals surface area contributed by atoms with E-state index in [9.17, 15) is 9.18 Å². The zero-order valence-corrected chi connectivity index (χ0v) is 22.4. The lowest BCUT2D eigenvalue weighted by atomic mass is 10.1. The summed E-state index contributed by atoms with van der Waals surface area (Å²) >= 11 is 9.83. The Kier molecular flexibility index (Phi) is 11.8.